The number of benzene rings is 4. The number of Topliss-reactive ketones (excluding diaryl/α,β-unsaturated/α-hetero) is 3. The van der Waals surface area contributed by atoms with Crippen LogP contribution in [0, 0.1) is 0 Å². The Kier molecular flexibility index (Phi) is 142. The first-order valence-corrected chi connectivity index (χ1v) is 54.8. The van der Waals surface area contributed by atoms with Crippen LogP contribution in [0.4, 0.5) is 0 Å². The van der Waals surface area contributed by atoms with Gasteiger partial charge in [-0.3, -0.25) is 24.2 Å². The molecule has 0 unspecified atom stereocenters. The number of amides is 3. The van der Waals surface area contributed by atoms with E-state index in [1.54, 1.807) is 23.0 Å². The molecule has 8 rings (SSSR count). The van der Waals surface area contributed by atoms with Crippen molar-refractivity contribution in [1.82, 2.24) is 29.8 Å². The Morgan fingerprint density at radius 2 is 0.667 bits per heavy atom. The molecule has 510 valence electrons. The van der Waals surface area contributed by atoms with Crippen molar-refractivity contribution in [2.45, 2.75) is 131 Å². The molecule has 4 aliphatic rings. The van der Waals surface area contributed by atoms with E-state index in [0.29, 0.717) is 19.3 Å². The molecule has 0 aliphatic carbocycles. The molecule has 0 saturated carbocycles. The van der Waals surface area contributed by atoms with Gasteiger partial charge in [0.05, 0.1) is 0 Å². The van der Waals surface area contributed by atoms with E-state index in [1.807, 2.05) is 233 Å². The third-order valence-electron chi connectivity index (χ3n) is 9.14. The average Bonchev–Trinajstić information content (AvgIpc) is 2.39. The van der Waals surface area contributed by atoms with Gasteiger partial charge in [-0.15, -0.1) is 0 Å². The summed E-state index contributed by atoms with van der Waals surface area (Å²) in [4.78, 5) is 70.3. The summed E-state index contributed by atoms with van der Waals surface area (Å²) in [5.74, 6) is -0.0545. The molecule has 4 fully saturated rings. The molecule has 26 heteroatoms. The van der Waals surface area contributed by atoms with Gasteiger partial charge in [0.25, 0.3) is 0 Å². The number of rotatable bonds is 7. The van der Waals surface area contributed by atoms with E-state index < -0.39 is 6.39 Å². The molecule has 8 radical (unpaired) electrons. The fourth-order valence-electron chi connectivity index (χ4n) is 5.37. The second-order valence-corrected chi connectivity index (χ2v) is 80.6. The maximum atomic E-state index is 11.0. The molecule has 4 aromatic rings. The molecule has 0 spiro atoms. The number of carbonyl (C=O) groups is 4. The first-order valence-electron chi connectivity index (χ1n) is 28.8. The minimum absolute atomic E-state index is 0. The Morgan fingerprint density at radius 1 is 0.500 bits per heavy atom. The molecule has 3 amide bonds. The largest absolute Gasteiger partial charge is 0.520 e. The molecule has 4 saturated heterocycles. The van der Waals surface area contributed by atoms with E-state index in [1.165, 1.54) is 27.7 Å². The fraction of sp³-hybridized carbons (Fsp3) is 0.531. The van der Waals surface area contributed by atoms with Crippen LogP contribution < -0.4 is 18.6 Å². The number of piperazine rings is 2. The average molecular weight is 1980 g/mol. The zero-order valence-electron chi connectivity index (χ0n) is 55.8. The maximum absolute atomic E-state index is 11.0. The summed E-state index contributed by atoms with van der Waals surface area (Å²) in [6.07, 6.45) is 4.89. The molecule has 4 heterocycles. The van der Waals surface area contributed by atoms with Gasteiger partial charge in [-0.2, -0.15) is 25.4 Å². The summed E-state index contributed by atoms with van der Waals surface area (Å²) in [5.41, 5.74) is 0. The number of hydrogen-bond donors (Lipinski definition) is 4. The number of ketones is 3. The van der Waals surface area contributed by atoms with E-state index in [4.69, 9.17) is 10.2 Å². The van der Waals surface area contributed by atoms with Crippen molar-refractivity contribution in [3.05, 3.63) is 146 Å². The topological polar surface area (TPSA) is 171 Å². The monoisotopic (exact) mass is 1980 g/mol. The SMILES string of the molecule is C.C.CC.CC.CC.CC.CC.CC(=O)CO.CC(=O)CO.CC(=O)N1CC(N2CCN([C-]=O)CC2)C1.CC(C)=O.CS.I[I-]I(I)I.O=[C-]N1CCN(C2CNC2)CC1.[B]B([B])[B].[Y].[Y].c1ccccc1.c1ccccc1.c1ccccc1.c1ccccc1. The zero-order valence-corrected chi connectivity index (χ0v) is 73.2. The summed E-state index contributed by atoms with van der Waals surface area (Å²) in [6.45, 7) is 37.7. The summed E-state index contributed by atoms with van der Waals surface area (Å²) in [6, 6.07) is 49.2. The number of hydrogen-bond acceptors (Lipinski definition) is 12. The summed E-state index contributed by atoms with van der Waals surface area (Å²) < 4.78 is 0. The second kappa shape index (κ2) is 106. The standard InChI is InChI=1S/C10H16N3O2.C8H14N3O.4C6H6.2C3H6O2.C3H6O.5C2H6.CH4S.2CH4.B4.I5.2Y/c1-9(15)13-6-10(7-13)12-4-2-11(8-14)3-5-12;12-7-10-1-3-11(4-2-10)8-5-9-6-8;4*1-2-4-6-5-3-1;2*1-3(5)2-4;1-3(2)4;6*1-2;;;1-4(2)3;1-4-5(2)3;;/h10H,2-7H2,1H3;8-9H,1-6H2;4*1-6H;2*4H,2H2,1H3;1-2H3;5*1-2H3;2H,1H3;2*1H4;;;;/q2*-1;;;;;;;;;;;;;;;;;-1;;. The normalized spacial score (nSPS) is 12.2. The van der Waals surface area contributed by atoms with Crippen LogP contribution in [0.15, 0.2) is 146 Å². The van der Waals surface area contributed by atoms with Gasteiger partial charge in [-0.05, 0) is 34.0 Å². The van der Waals surface area contributed by atoms with Crippen molar-refractivity contribution in [2.75, 3.05) is 98.0 Å². The van der Waals surface area contributed by atoms with Gasteiger partial charge in [-0.25, -0.2) is 0 Å². The molecule has 0 bridgehead atoms. The van der Waals surface area contributed by atoms with Crippen LogP contribution in [0.2, 0.25) is 0 Å². The van der Waals surface area contributed by atoms with Crippen LogP contribution >= 0.6 is 76.4 Å². The number of aliphatic hydroxyl groups excluding tert-OH is 2. The van der Waals surface area contributed by atoms with Crippen LogP contribution in [-0.2, 0) is 94.2 Å². The predicted octanol–water partition coefficient (Wildman–Crippen LogP) is 9.99. The summed E-state index contributed by atoms with van der Waals surface area (Å²) in [7, 11) is 13.8. The zero-order chi connectivity index (χ0) is 68.2. The van der Waals surface area contributed by atoms with Gasteiger partial charge in [0, 0.05) is 193 Å². The van der Waals surface area contributed by atoms with E-state index in [0.717, 1.165) is 84.6 Å². The second-order valence-electron chi connectivity index (χ2n) is 15.7. The summed E-state index contributed by atoms with van der Waals surface area (Å²) in [5, 5.41) is 18.8. The molecule has 90 heavy (non-hydrogen) atoms. The summed E-state index contributed by atoms with van der Waals surface area (Å²) >= 11 is 11.9. The number of likely N-dealkylation sites (tertiary alicyclic amines) is 1. The van der Waals surface area contributed by atoms with Gasteiger partial charge < -0.3 is 44.6 Å². The minimum Gasteiger partial charge on any atom is -0.520 e. The van der Waals surface area contributed by atoms with Gasteiger partial charge in [0.2, 0.25) is 5.91 Å². The van der Waals surface area contributed by atoms with Crippen molar-refractivity contribution in [2.24, 2.45) is 0 Å². The Hall–Kier alpha value is 0.568. The quantitative estimate of drug-likeness (QED) is 0.0601. The van der Waals surface area contributed by atoms with Gasteiger partial charge in [0.1, 0.15) is 19.0 Å². The predicted molar refractivity (Wildman–Crippen MR) is 422 cm³/mol. The van der Waals surface area contributed by atoms with E-state index in [9.17, 15) is 28.8 Å². The van der Waals surface area contributed by atoms with Crippen molar-refractivity contribution in [3.63, 3.8) is 0 Å². The van der Waals surface area contributed by atoms with Crippen LogP contribution in [0.25, 0.3) is 0 Å². The van der Waals surface area contributed by atoms with Gasteiger partial charge >= 0.3 is 77.0 Å². The Labute approximate surface area is 654 Å². The van der Waals surface area contributed by atoms with Crippen LogP contribution in [0.1, 0.15) is 119 Å². The fourth-order valence-corrected chi connectivity index (χ4v) is 5.37. The van der Waals surface area contributed by atoms with Crippen LogP contribution in [-0.4, -0.2) is 210 Å². The third-order valence-corrected chi connectivity index (χ3v) is 91.8. The van der Waals surface area contributed by atoms with E-state index in [-0.39, 0.29) is 125 Å². The molecule has 3 N–H and O–H groups in total. The number of nitrogens with one attached hydrogen (secondary N) is 1. The van der Waals surface area contributed by atoms with Gasteiger partial charge in [0.15, 0.2) is 11.6 Å². The Balaban J connectivity index is -0.0000000661. The maximum Gasteiger partial charge on any atom is 0.0346 e. The first-order chi connectivity index (χ1) is 41.4. The Morgan fingerprint density at radius 3 is 0.778 bits per heavy atom. The number of thiol groups is 1. The molecule has 4 aromatic carbocycles. The molecule has 0 atom stereocenters. The first kappa shape index (κ1) is 121. The van der Waals surface area contributed by atoms with Crippen molar-refractivity contribution in [1.29, 1.82) is 0 Å². The number of carbonyl (C=O) groups excluding carboxylic acids is 6. The molecular formula is C64H114B4I5N6O8SY2-3. The number of halogens is 5. The van der Waals surface area contributed by atoms with E-state index >= 15 is 0 Å². The smallest absolute Gasteiger partial charge is 0.0346 e. The van der Waals surface area contributed by atoms with Crippen LogP contribution in [0.3, 0.4) is 0 Å². The number of nitrogens with zero attached hydrogens (tertiary/aromatic N) is 5. The number of aliphatic hydroxyl groups is 2. The van der Waals surface area contributed by atoms with Crippen molar-refractivity contribution >= 4 is 142 Å². The molecule has 14 nitrogen and oxygen atoms in total. The molecule has 4 aliphatic heterocycles. The minimum atomic E-state index is -0.667. The Bertz CT molecular complexity index is 1660. The van der Waals surface area contributed by atoms with Gasteiger partial charge in [-0.1, -0.05) is 230 Å². The third kappa shape index (κ3) is 105. The van der Waals surface area contributed by atoms with Crippen LogP contribution in [0.5, 0.6) is 0 Å². The van der Waals surface area contributed by atoms with Crippen molar-refractivity contribution < 1.29 is 118 Å². The molecule has 0 aromatic heterocycles. The van der Waals surface area contributed by atoms with Crippen molar-refractivity contribution in [3.8, 4) is 0 Å². The molecular weight excluding hydrogens is 1870 g/mol. The van der Waals surface area contributed by atoms with E-state index in [2.05, 4.69) is 107 Å².